The minimum Gasteiger partial charge on any atom is -0.478 e. The number of primary amides is 1. The van der Waals surface area contributed by atoms with Crippen LogP contribution in [0.3, 0.4) is 0 Å². The van der Waals surface area contributed by atoms with E-state index in [0.717, 1.165) is 0 Å². The van der Waals surface area contributed by atoms with Gasteiger partial charge in [0.15, 0.2) is 0 Å². The van der Waals surface area contributed by atoms with Crippen molar-refractivity contribution in [1.29, 1.82) is 0 Å². The molecule has 0 fully saturated rings. The number of hydrogen-bond acceptors (Lipinski definition) is 4. The highest BCUT2D eigenvalue weighted by Crippen LogP contribution is 2.13. The van der Waals surface area contributed by atoms with E-state index in [-0.39, 0.29) is 29.8 Å². The van der Waals surface area contributed by atoms with Gasteiger partial charge in [0, 0.05) is 18.4 Å². The van der Waals surface area contributed by atoms with Gasteiger partial charge in [0.2, 0.25) is 0 Å². The summed E-state index contributed by atoms with van der Waals surface area (Å²) in [5.41, 5.74) is 5.03. The molecule has 4 N–H and O–H groups in total. The van der Waals surface area contributed by atoms with Crippen LogP contribution in [-0.4, -0.2) is 33.7 Å². The van der Waals surface area contributed by atoms with Gasteiger partial charge < -0.3 is 15.9 Å². The number of aromatic nitrogens is 1. The topological polar surface area (TPSA) is 114 Å². The number of amides is 1. The fourth-order valence-electron chi connectivity index (χ4n) is 1.27. The number of aliphatic hydroxyl groups excluding tert-OH is 1. The minimum atomic E-state index is -1.18. The first-order chi connectivity index (χ1) is 7.07. The van der Waals surface area contributed by atoms with Crippen molar-refractivity contribution in [2.24, 2.45) is 5.73 Å². The number of nitrogens with two attached hydrogens (primary N) is 1. The summed E-state index contributed by atoms with van der Waals surface area (Å²) in [6.45, 7) is -0.272. The smallest absolute Gasteiger partial charge is 0.336 e. The first kappa shape index (κ1) is 11.1. The van der Waals surface area contributed by atoms with Crippen LogP contribution in [0.2, 0.25) is 0 Å². The summed E-state index contributed by atoms with van der Waals surface area (Å²) in [7, 11) is 0. The van der Waals surface area contributed by atoms with Crippen molar-refractivity contribution in [1.82, 2.24) is 4.98 Å². The molecule has 80 valence electrons. The first-order valence-electron chi connectivity index (χ1n) is 4.19. The van der Waals surface area contributed by atoms with E-state index in [1.807, 2.05) is 0 Å². The molecular formula is C9H10N2O4. The Kier molecular flexibility index (Phi) is 3.35. The average molecular weight is 210 g/mol. The average Bonchev–Trinajstić information content (AvgIpc) is 2.17. The number of hydrogen-bond donors (Lipinski definition) is 3. The fraction of sp³-hybridized carbons (Fsp3) is 0.222. The summed E-state index contributed by atoms with van der Waals surface area (Å²) in [6.07, 6.45) is 1.23. The van der Waals surface area contributed by atoms with E-state index in [2.05, 4.69) is 4.98 Å². The third kappa shape index (κ3) is 2.29. The molecule has 0 saturated carbocycles. The Bertz CT molecular complexity index is 371. The second-order valence-corrected chi connectivity index (χ2v) is 2.83. The zero-order chi connectivity index (χ0) is 11.4. The van der Waals surface area contributed by atoms with Gasteiger partial charge in [-0.25, -0.2) is 4.79 Å². The van der Waals surface area contributed by atoms with Gasteiger partial charge in [0.05, 0.1) is 5.56 Å². The normalized spacial score (nSPS) is 9.93. The summed E-state index contributed by atoms with van der Waals surface area (Å²) in [5, 5.41) is 17.6. The standard InChI is InChI=1S/C9H10N2O4/c10-8(13)7-5(2-4-12)6(9(14)15)1-3-11-7/h1,3,12H,2,4H2,(H2,10,13)(H,14,15). The van der Waals surface area contributed by atoms with Gasteiger partial charge in [-0.2, -0.15) is 0 Å². The maximum absolute atomic E-state index is 11.0. The van der Waals surface area contributed by atoms with Crippen molar-refractivity contribution in [2.75, 3.05) is 6.61 Å². The molecule has 1 aromatic rings. The molecule has 1 aromatic heterocycles. The summed E-state index contributed by atoms with van der Waals surface area (Å²) in [4.78, 5) is 25.5. The molecule has 15 heavy (non-hydrogen) atoms. The van der Waals surface area contributed by atoms with Crippen molar-refractivity contribution >= 4 is 11.9 Å². The highest BCUT2D eigenvalue weighted by atomic mass is 16.4. The molecule has 0 radical (unpaired) electrons. The van der Waals surface area contributed by atoms with Crippen LogP contribution in [0, 0.1) is 0 Å². The highest BCUT2D eigenvalue weighted by molar-refractivity contribution is 5.97. The number of carboxylic acids is 1. The van der Waals surface area contributed by atoms with E-state index in [1.165, 1.54) is 12.3 Å². The van der Waals surface area contributed by atoms with Crippen LogP contribution in [-0.2, 0) is 6.42 Å². The molecular weight excluding hydrogens is 200 g/mol. The fourth-order valence-corrected chi connectivity index (χ4v) is 1.27. The maximum Gasteiger partial charge on any atom is 0.336 e. The summed E-state index contributed by atoms with van der Waals surface area (Å²) in [6, 6.07) is 1.26. The zero-order valence-corrected chi connectivity index (χ0v) is 7.80. The third-order valence-electron chi connectivity index (χ3n) is 1.88. The third-order valence-corrected chi connectivity index (χ3v) is 1.88. The van der Waals surface area contributed by atoms with Crippen LogP contribution in [0.25, 0.3) is 0 Å². The number of carboxylic acid groups (broad SMARTS) is 1. The number of pyridine rings is 1. The van der Waals surface area contributed by atoms with Gasteiger partial charge in [-0.1, -0.05) is 0 Å². The van der Waals surface area contributed by atoms with Crippen molar-refractivity contribution in [3.8, 4) is 0 Å². The maximum atomic E-state index is 11.0. The van der Waals surface area contributed by atoms with E-state index in [1.54, 1.807) is 0 Å². The van der Waals surface area contributed by atoms with E-state index in [0.29, 0.717) is 0 Å². The molecule has 0 unspecified atom stereocenters. The number of aliphatic hydroxyl groups is 1. The van der Waals surface area contributed by atoms with Crippen LogP contribution >= 0.6 is 0 Å². The molecule has 1 heterocycles. The number of nitrogens with zero attached hydrogens (tertiary/aromatic N) is 1. The monoisotopic (exact) mass is 210 g/mol. The van der Waals surface area contributed by atoms with Crippen LogP contribution in [0.1, 0.15) is 26.4 Å². The quantitative estimate of drug-likeness (QED) is 0.614. The lowest BCUT2D eigenvalue weighted by atomic mass is 10.0. The van der Waals surface area contributed by atoms with E-state index < -0.39 is 11.9 Å². The summed E-state index contributed by atoms with van der Waals surface area (Å²) in [5.74, 6) is -1.98. The molecule has 0 atom stereocenters. The number of carbonyl (C=O) groups excluding carboxylic acids is 1. The van der Waals surface area contributed by atoms with Crippen LogP contribution in [0.5, 0.6) is 0 Å². The molecule has 6 heteroatoms. The van der Waals surface area contributed by atoms with Gasteiger partial charge in [0.25, 0.3) is 5.91 Å². The molecule has 1 amide bonds. The summed E-state index contributed by atoms with van der Waals surface area (Å²) >= 11 is 0. The Hall–Kier alpha value is -1.95. The van der Waals surface area contributed by atoms with Crippen LogP contribution in [0.15, 0.2) is 12.3 Å². The molecule has 0 aliphatic heterocycles. The van der Waals surface area contributed by atoms with Crippen molar-refractivity contribution in [3.63, 3.8) is 0 Å². The lowest BCUT2D eigenvalue weighted by molar-refractivity contribution is 0.0695. The van der Waals surface area contributed by atoms with Crippen LogP contribution in [0.4, 0.5) is 0 Å². The number of rotatable bonds is 4. The zero-order valence-electron chi connectivity index (χ0n) is 7.80. The molecule has 0 aromatic carbocycles. The Morgan fingerprint density at radius 1 is 1.47 bits per heavy atom. The van der Waals surface area contributed by atoms with Gasteiger partial charge in [-0.3, -0.25) is 9.78 Å². The SMILES string of the molecule is NC(=O)c1nccc(C(=O)O)c1CCO. The molecule has 6 nitrogen and oxygen atoms in total. The predicted molar refractivity (Wildman–Crippen MR) is 50.5 cm³/mol. The first-order valence-corrected chi connectivity index (χ1v) is 4.19. The summed E-state index contributed by atoms with van der Waals surface area (Å²) < 4.78 is 0. The Morgan fingerprint density at radius 3 is 2.60 bits per heavy atom. The van der Waals surface area contributed by atoms with Gasteiger partial charge in [0.1, 0.15) is 5.69 Å². The lowest BCUT2D eigenvalue weighted by Crippen LogP contribution is -2.19. The molecule has 0 bridgehead atoms. The Labute approximate surface area is 85.4 Å². The van der Waals surface area contributed by atoms with E-state index in [4.69, 9.17) is 15.9 Å². The molecule has 0 spiro atoms. The lowest BCUT2D eigenvalue weighted by Gasteiger charge is -2.07. The Morgan fingerprint density at radius 2 is 2.13 bits per heavy atom. The van der Waals surface area contributed by atoms with E-state index in [9.17, 15) is 9.59 Å². The second-order valence-electron chi connectivity index (χ2n) is 2.83. The van der Waals surface area contributed by atoms with Gasteiger partial charge in [-0.05, 0) is 12.5 Å². The molecule has 0 aliphatic rings. The number of aromatic carboxylic acids is 1. The van der Waals surface area contributed by atoms with Crippen molar-refractivity contribution in [2.45, 2.75) is 6.42 Å². The van der Waals surface area contributed by atoms with Crippen LogP contribution < -0.4 is 5.73 Å². The number of carbonyl (C=O) groups is 2. The van der Waals surface area contributed by atoms with Crippen molar-refractivity contribution < 1.29 is 19.8 Å². The van der Waals surface area contributed by atoms with Gasteiger partial charge >= 0.3 is 5.97 Å². The predicted octanol–water partition coefficient (Wildman–Crippen LogP) is -0.587. The second kappa shape index (κ2) is 4.52. The van der Waals surface area contributed by atoms with E-state index >= 15 is 0 Å². The van der Waals surface area contributed by atoms with Gasteiger partial charge in [-0.15, -0.1) is 0 Å². The molecule has 0 saturated heterocycles. The minimum absolute atomic E-state index is 0.0355. The highest BCUT2D eigenvalue weighted by Gasteiger charge is 2.17. The van der Waals surface area contributed by atoms with Crippen molar-refractivity contribution in [3.05, 3.63) is 29.1 Å². The largest absolute Gasteiger partial charge is 0.478 e. The molecule has 1 rings (SSSR count). The Balaban J connectivity index is 3.34. The molecule has 0 aliphatic carbocycles.